The molecule has 3 nitrogen and oxygen atoms in total. The number of halogens is 1. The van der Waals surface area contributed by atoms with Crippen LogP contribution in [0.4, 0.5) is 0 Å². The number of ether oxygens (including phenoxy) is 2. The Bertz CT molecular complexity index is 497. The van der Waals surface area contributed by atoms with E-state index in [1.165, 1.54) is 12.8 Å². The lowest BCUT2D eigenvalue weighted by molar-refractivity contribution is -0.113. The molecule has 116 valence electrons. The lowest BCUT2D eigenvalue weighted by atomic mass is 9.79. The molecule has 2 fully saturated rings. The van der Waals surface area contributed by atoms with Crippen LogP contribution in [0.1, 0.15) is 50.2 Å². The van der Waals surface area contributed by atoms with Gasteiger partial charge < -0.3 is 14.6 Å². The molecule has 2 atom stereocenters. The van der Waals surface area contributed by atoms with E-state index in [1.807, 2.05) is 18.2 Å². The van der Waals surface area contributed by atoms with Crippen LogP contribution in [-0.4, -0.2) is 24.4 Å². The van der Waals surface area contributed by atoms with Gasteiger partial charge >= 0.3 is 0 Å². The molecule has 2 aliphatic rings. The Morgan fingerprint density at radius 2 is 2.14 bits per heavy atom. The van der Waals surface area contributed by atoms with Crippen LogP contribution in [0.15, 0.2) is 18.2 Å². The predicted octanol–water partition coefficient (Wildman–Crippen LogP) is 4.12. The molecule has 3 rings (SSSR count). The van der Waals surface area contributed by atoms with E-state index in [0.717, 1.165) is 37.9 Å². The summed E-state index contributed by atoms with van der Waals surface area (Å²) >= 11 is 6.30. The van der Waals surface area contributed by atoms with Crippen LogP contribution in [0.5, 0.6) is 5.75 Å². The van der Waals surface area contributed by atoms with Crippen molar-refractivity contribution < 1.29 is 14.6 Å². The van der Waals surface area contributed by atoms with E-state index in [2.05, 4.69) is 0 Å². The van der Waals surface area contributed by atoms with E-state index in [-0.39, 0.29) is 11.5 Å². The first-order chi connectivity index (χ1) is 10.2. The Morgan fingerprint density at radius 3 is 2.86 bits per heavy atom. The Morgan fingerprint density at radius 1 is 1.38 bits per heavy atom. The molecular formula is C17H23ClO3. The zero-order valence-electron chi connectivity index (χ0n) is 12.5. The van der Waals surface area contributed by atoms with Crippen molar-refractivity contribution in [2.45, 2.75) is 50.2 Å². The molecule has 1 saturated carbocycles. The first-order valence-corrected chi connectivity index (χ1v) is 8.17. The summed E-state index contributed by atoms with van der Waals surface area (Å²) in [4.78, 5) is 0. The lowest BCUT2D eigenvalue weighted by Gasteiger charge is -2.40. The van der Waals surface area contributed by atoms with Crippen LogP contribution >= 0.6 is 11.6 Å². The smallest absolute Gasteiger partial charge is 0.126 e. The molecule has 1 spiro atoms. The van der Waals surface area contributed by atoms with Crippen molar-refractivity contribution in [3.8, 4) is 5.75 Å². The second kappa shape index (κ2) is 6.15. The molecule has 1 aromatic carbocycles. The Hall–Kier alpha value is -0.770. The van der Waals surface area contributed by atoms with Gasteiger partial charge in [-0.25, -0.2) is 0 Å². The summed E-state index contributed by atoms with van der Waals surface area (Å²) in [7, 11) is 1.62. The zero-order valence-corrected chi connectivity index (χ0v) is 13.2. The van der Waals surface area contributed by atoms with E-state index in [0.29, 0.717) is 10.8 Å². The third-order valence-corrected chi connectivity index (χ3v) is 5.35. The van der Waals surface area contributed by atoms with E-state index >= 15 is 0 Å². The zero-order chi connectivity index (χ0) is 14.9. The average Bonchev–Trinajstić information content (AvgIpc) is 2.94. The molecule has 0 aromatic heterocycles. The van der Waals surface area contributed by atoms with Crippen molar-refractivity contribution in [1.29, 1.82) is 0 Å². The number of hydrogen-bond acceptors (Lipinski definition) is 3. The average molecular weight is 311 g/mol. The summed E-state index contributed by atoms with van der Waals surface area (Å²) < 4.78 is 11.4. The monoisotopic (exact) mass is 310 g/mol. The number of aliphatic hydroxyl groups is 1. The van der Waals surface area contributed by atoms with Crippen LogP contribution in [0, 0.1) is 5.92 Å². The molecule has 0 bridgehead atoms. The van der Waals surface area contributed by atoms with Gasteiger partial charge in [0.05, 0.1) is 23.8 Å². The van der Waals surface area contributed by atoms with Crippen LogP contribution in [0.2, 0.25) is 5.02 Å². The largest absolute Gasteiger partial charge is 0.496 e. The van der Waals surface area contributed by atoms with Crippen molar-refractivity contribution >= 4 is 11.6 Å². The molecule has 4 heteroatoms. The summed E-state index contributed by atoms with van der Waals surface area (Å²) in [6.45, 7) is 0.731. The first-order valence-electron chi connectivity index (χ1n) is 7.80. The summed E-state index contributed by atoms with van der Waals surface area (Å²) in [5.74, 6) is 0.854. The highest BCUT2D eigenvalue weighted by molar-refractivity contribution is 6.31. The number of rotatable bonds is 3. The van der Waals surface area contributed by atoms with Crippen molar-refractivity contribution in [2.24, 2.45) is 5.92 Å². The maximum atomic E-state index is 10.9. The van der Waals surface area contributed by atoms with Gasteiger partial charge in [0, 0.05) is 12.2 Å². The van der Waals surface area contributed by atoms with E-state index < -0.39 is 6.10 Å². The number of aliphatic hydroxyl groups excluding tert-OH is 1. The molecular weight excluding hydrogens is 288 g/mol. The molecule has 1 N–H and O–H groups in total. The van der Waals surface area contributed by atoms with Gasteiger partial charge in [-0.05, 0) is 43.7 Å². The van der Waals surface area contributed by atoms with Gasteiger partial charge in [-0.15, -0.1) is 0 Å². The summed E-state index contributed by atoms with van der Waals surface area (Å²) in [6.07, 6.45) is 5.91. The molecule has 1 saturated heterocycles. The number of hydrogen-bond donors (Lipinski definition) is 1. The van der Waals surface area contributed by atoms with E-state index in [4.69, 9.17) is 21.1 Å². The minimum absolute atomic E-state index is 0.00160. The SMILES string of the molecule is COc1cccc(Cl)c1C(O)C1CCOC2(CCCC2)C1. The van der Waals surface area contributed by atoms with Gasteiger partial charge in [0.1, 0.15) is 5.75 Å². The van der Waals surface area contributed by atoms with Gasteiger partial charge in [-0.2, -0.15) is 0 Å². The third-order valence-electron chi connectivity index (χ3n) is 5.02. The van der Waals surface area contributed by atoms with Gasteiger partial charge in [0.15, 0.2) is 0 Å². The van der Waals surface area contributed by atoms with E-state index in [9.17, 15) is 5.11 Å². The van der Waals surface area contributed by atoms with Crippen LogP contribution in [-0.2, 0) is 4.74 Å². The number of benzene rings is 1. The Balaban J connectivity index is 1.83. The second-order valence-corrected chi connectivity index (χ2v) is 6.70. The van der Waals surface area contributed by atoms with Crippen LogP contribution in [0.3, 0.4) is 0 Å². The topological polar surface area (TPSA) is 38.7 Å². The number of methoxy groups -OCH3 is 1. The minimum Gasteiger partial charge on any atom is -0.496 e. The van der Waals surface area contributed by atoms with Gasteiger partial charge in [-0.3, -0.25) is 0 Å². The molecule has 0 radical (unpaired) electrons. The molecule has 1 aromatic rings. The van der Waals surface area contributed by atoms with Crippen molar-refractivity contribution in [3.63, 3.8) is 0 Å². The molecule has 1 heterocycles. The first kappa shape index (κ1) is 15.1. The van der Waals surface area contributed by atoms with Gasteiger partial charge in [0.25, 0.3) is 0 Å². The quantitative estimate of drug-likeness (QED) is 0.912. The summed E-state index contributed by atoms with van der Waals surface area (Å²) in [6, 6.07) is 5.52. The third kappa shape index (κ3) is 2.92. The Labute approximate surface area is 131 Å². The summed E-state index contributed by atoms with van der Waals surface area (Å²) in [5.41, 5.74) is 0.722. The molecule has 1 aliphatic carbocycles. The van der Waals surface area contributed by atoms with Crippen molar-refractivity contribution in [1.82, 2.24) is 0 Å². The molecule has 0 amide bonds. The maximum Gasteiger partial charge on any atom is 0.126 e. The van der Waals surface area contributed by atoms with Crippen molar-refractivity contribution in [2.75, 3.05) is 13.7 Å². The fourth-order valence-corrected chi connectivity index (χ4v) is 4.20. The van der Waals surface area contributed by atoms with Gasteiger partial charge in [-0.1, -0.05) is 30.5 Å². The minimum atomic E-state index is -0.588. The van der Waals surface area contributed by atoms with Crippen molar-refractivity contribution in [3.05, 3.63) is 28.8 Å². The highest BCUT2D eigenvalue weighted by atomic mass is 35.5. The second-order valence-electron chi connectivity index (χ2n) is 6.29. The van der Waals surface area contributed by atoms with E-state index in [1.54, 1.807) is 7.11 Å². The predicted molar refractivity (Wildman–Crippen MR) is 82.8 cm³/mol. The lowest BCUT2D eigenvalue weighted by Crippen LogP contribution is -2.39. The Kier molecular flexibility index (Phi) is 4.43. The fourth-order valence-electron chi connectivity index (χ4n) is 3.92. The highest BCUT2D eigenvalue weighted by Crippen LogP contribution is 2.47. The highest BCUT2D eigenvalue weighted by Gasteiger charge is 2.42. The van der Waals surface area contributed by atoms with Crippen LogP contribution < -0.4 is 4.74 Å². The van der Waals surface area contributed by atoms with Gasteiger partial charge in [0.2, 0.25) is 0 Å². The fraction of sp³-hybridized carbons (Fsp3) is 0.647. The summed E-state index contributed by atoms with van der Waals surface area (Å²) in [5, 5.41) is 11.4. The normalized spacial score (nSPS) is 26.0. The van der Waals surface area contributed by atoms with Crippen LogP contribution in [0.25, 0.3) is 0 Å². The standard InChI is InChI=1S/C17H23ClO3/c1-20-14-6-4-5-13(18)15(14)16(19)12-7-10-21-17(11-12)8-2-3-9-17/h4-6,12,16,19H,2-3,7-11H2,1H3. The molecule has 1 aliphatic heterocycles. The molecule has 21 heavy (non-hydrogen) atoms. The maximum absolute atomic E-state index is 10.9. The molecule has 2 unspecified atom stereocenters.